The molecule has 0 saturated carbocycles. The summed E-state index contributed by atoms with van der Waals surface area (Å²) in [7, 11) is 0. The van der Waals surface area contributed by atoms with Crippen LogP contribution in [0.2, 0.25) is 0 Å². The van der Waals surface area contributed by atoms with E-state index in [1.165, 1.54) is 60.2 Å². The van der Waals surface area contributed by atoms with Gasteiger partial charge in [0, 0.05) is 27.8 Å². The summed E-state index contributed by atoms with van der Waals surface area (Å²) in [6.07, 6.45) is 1.92. The van der Waals surface area contributed by atoms with Crippen molar-refractivity contribution in [3.63, 3.8) is 0 Å². The van der Waals surface area contributed by atoms with Crippen LogP contribution < -0.4 is 0 Å². The van der Waals surface area contributed by atoms with E-state index in [1.54, 1.807) is 0 Å². The van der Waals surface area contributed by atoms with Crippen molar-refractivity contribution < 1.29 is 0 Å². The number of nitrogens with zero attached hydrogens (tertiary/aromatic N) is 2. The Kier molecular flexibility index (Phi) is 3.76. The molecule has 2 heteroatoms. The zero-order valence-corrected chi connectivity index (χ0v) is 20.3. The molecule has 0 fully saturated rings. The Morgan fingerprint density at radius 3 is 2.28 bits per heavy atom. The molecule has 0 spiro atoms. The van der Waals surface area contributed by atoms with Gasteiger partial charge in [0.25, 0.3) is 0 Å². The Hall–Kier alpha value is -4.43. The van der Waals surface area contributed by atoms with Crippen LogP contribution in [0.3, 0.4) is 0 Å². The summed E-state index contributed by atoms with van der Waals surface area (Å²) in [6.45, 7) is 4.73. The van der Waals surface area contributed by atoms with Gasteiger partial charge in [-0.05, 0) is 62.7 Å². The van der Waals surface area contributed by atoms with Gasteiger partial charge in [0.15, 0.2) is 0 Å². The highest BCUT2D eigenvalue weighted by Crippen LogP contribution is 2.52. The second kappa shape index (κ2) is 6.83. The lowest BCUT2D eigenvalue weighted by atomic mass is 9.80. The summed E-state index contributed by atoms with van der Waals surface area (Å²) >= 11 is 0. The molecule has 2 nitrogen and oxygen atoms in total. The number of aromatic nitrogens is 2. The van der Waals surface area contributed by atoms with Crippen molar-refractivity contribution in [3.05, 3.63) is 120 Å². The number of hydrogen-bond acceptors (Lipinski definition) is 1. The van der Waals surface area contributed by atoms with Crippen LogP contribution in [0.5, 0.6) is 0 Å². The van der Waals surface area contributed by atoms with Gasteiger partial charge in [-0.25, -0.2) is 4.98 Å². The summed E-state index contributed by atoms with van der Waals surface area (Å²) in [5.41, 5.74) is 7.91. The number of para-hydroxylation sites is 1. The van der Waals surface area contributed by atoms with Gasteiger partial charge < -0.3 is 0 Å². The van der Waals surface area contributed by atoms with Crippen molar-refractivity contribution in [1.82, 2.24) is 9.55 Å². The average molecular weight is 461 g/mol. The van der Waals surface area contributed by atoms with Crippen LogP contribution in [0.15, 0.2) is 109 Å². The van der Waals surface area contributed by atoms with Crippen LogP contribution in [0.4, 0.5) is 0 Å². The van der Waals surface area contributed by atoms with Crippen LogP contribution >= 0.6 is 0 Å². The zero-order chi connectivity index (χ0) is 24.0. The third kappa shape index (κ3) is 2.43. The standard InChI is InChI=1S/C34H24N2/c1-34(2)29-13-7-5-11-24(29)26-16-15-22-19-31-28(20-27(22)32(26)34)25-12-6-8-14-30(25)36(31)33-23-10-4-3-9-21(23)17-18-35-33/h3-20H,1-2H3. The molecule has 0 aliphatic heterocycles. The first-order valence-electron chi connectivity index (χ1n) is 12.6. The molecule has 36 heavy (non-hydrogen) atoms. The molecule has 0 amide bonds. The van der Waals surface area contributed by atoms with E-state index in [4.69, 9.17) is 4.98 Å². The Morgan fingerprint density at radius 1 is 0.583 bits per heavy atom. The monoisotopic (exact) mass is 460 g/mol. The van der Waals surface area contributed by atoms with Crippen molar-refractivity contribution in [1.29, 1.82) is 0 Å². The fraction of sp³-hybridized carbons (Fsp3) is 0.0882. The van der Waals surface area contributed by atoms with Gasteiger partial charge in [-0.3, -0.25) is 4.57 Å². The zero-order valence-electron chi connectivity index (χ0n) is 20.3. The SMILES string of the molecule is CC1(C)c2ccccc2-c2ccc3cc4c(cc3c21)c1ccccc1n4-c1nccc2ccccc12. The quantitative estimate of drug-likeness (QED) is 0.239. The van der Waals surface area contributed by atoms with E-state index in [2.05, 4.69) is 122 Å². The van der Waals surface area contributed by atoms with Crippen molar-refractivity contribution in [2.75, 3.05) is 0 Å². The topological polar surface area (TPSA) is 17.8 Å². The third-order valence-electron chi connectivity index (χ3n) is 8.19. The molecule has 5 aromatic carbocycles. The smallest absolute Gasteiger partial charge is 0.145 e. The summed E-state index contributed by atoms with van der Waals surface area (Å²) in [6, 6.07) is 37.6. The predicted octanol–water partition coefficient (Wildman–Crippen LogP) is 8.79. The molecule has 0 unspecified atom stereocenters. The van der Waals surface area contributed by atoms with Gasteiger partial charge >= 0.3 is 0 Å². The Balaban J connectivity index is 1.53. The number of rotatable bonds is 1. The van der Waals surface area contributed by atoms with Gasteiger partial charge in [0.1, 0.15) is 5.82 Å². The predicted molar refractivity (Wildman–Crippen MR) is 151 cm³/mol. The molecule has 0 atom stereocenters. The van der Waals surface area contributed by atoms with Crippen LogP contribution in [-0.4, -0.2) is 9.55 Å². The second-order valence-electron chi connectivity index (χ2n) is 10.5. The Bertz CT molecular complexity index is 2020. The minimum atomic E-state index is -0.0470. The molecule has 0 radical (unpaired) electrons. The van der Waals surface area contributed by atoms with Gasteiger partial charge in [-0.1, -0.05) is 92.7 Å². The Labute approximate surface area is 209 Å². The molecule has 1 aliphatic rings. The molecule has 2 heterocycles. The highest BCUT2D eigenvalue weighted by atomic mass is 15.1. The molecule has 7 aromatic rings. The highest BCUT2D eigenvalue weighted by molar-refractivity contribution is 6.15. The summed E-state index contributed by atoms with van der Waals surface area (Å²) < 4.78 is 2.35. The maximum absolute atomic E-state index is 4.90. The van der Waals surface area contributed by atoms with Crippen molar-refractivity contribution >= 4 is 43.4 Å². The molecule has 0 N–H and O–H groups in total. The molecule has 170 valence electrons. The number of fused-ring (bicyclic) bond motifs is 9. The van der Waals surface area contributed by atoms with Crippen molar-refractivity contribution in [3.8, 4) is 16.9 Å². The number of benzene rings is 5. The summed E-state index contributed by atoms with van der Waals surface area (Å²) in [4.78, 5) is 4.90. The van der Waals surface area contributed by atoms with Crippen LogP contribution in [0, 0.1) is 0 Å². The van der Waals surface area contributed by atoms with Crippen LogP contribution in [-0.2, 0) is 5.41 Å². The van der Waals surface area contributed by atoms with Gasteiger partial charge in [-0.15, -0.1) is 0 Å². The normalized spacial score (nSPS) is 14.1. The molecular weight excluding hydrogens is 436 g/mol. The fourth-order valence-corrected chi connectivity index (χ4v) is 6.59. The van der Waals surface area contributed by atoms with Crippen molar-refractivity contribution in [2.24, 2.45) is 0 Å². The average Bonchev–Trinajstić information content (AvgIpc) is 3.36. The van der Waals surface area contributed by atoms with Gasteiger partial charge in [0.05, 0.1) is 11.0 Å². The maximum Gasteiger partial charge on any atom is 0.145 e. The second-order valence-corrected chi connectivity index (χ2v) is 10.5. The minimum absolute atomic E-state index is 0.0470. The lowest BCUT2D eigenvalue weighted by Crippen LogP contribution is -2.15. The molecule has 0 saturated heterocycles. The first kappa shape index (κ1) is 19.8. The molecule has 0 bridgehead atoms. The van der Waals surface area contributed by atoms with E-state index in [0.29, 0.717) is 0 Å². The largest absolute Gasteiger partial charge is 0.293 e. The molecular formula is C34H24N2. The van der Waals surface area contributed by atoms with Gasteiger partial charge in [0.2, 0.25) is 0 Å². The van der Waals surface area contributed by atoms with Crippen LogP contribution in [0.25, 0.3) is 60.3 Å². The first-order chi connectivity index (χ1) is 17.6. The molecule has 1 aliphatic carbocycles. The van der Waals surface area contributed by atoms with E-state index in [1.807, 2.05) is 6.20 Å². The van der Waals surface area contributed by atoms with E-state index >= 15 is 0 Å². The van der Waals surface area contributed by atoms with Crippen LogP contribution in [0.1, 0.15) is 25.0 Å². The van der Waals surface area contributed by atoms with E-state index in [9.17, 15) is 0 Å². The first-order valence-corrected chi connectivity index (χ1v) is 12.6. The Morgan fingerprint density at radius 2 is 1.36 bits per heavy atom. The third-order valence-corrected chi connectivity index (χ3v) is 8.19. The summed E-state index contributed by atoms with van der Waals surface area (Å²) in [5.74, 6) is 0.979. The number of hydrogen-bond donors (Lipinski definition) is 0. The fourth-order valence-electron chi connectivity index (χ4n) is 6.59. The molecule has 8 rings (SSSR count). The lowest BCUT2D eigenvalue weighted by molar-refractivity contribution is 0.666. The summed E-state index contributed by atoms with van der Waals surface area (Å²) in [5, 5.41) is 7.50. The highest BCUT2D eigenvalue weighted by Gasteiger charge is 2.36. The lowest BCUT2D eigenvalue weighted by Gasteiger charge is -2.23. The van der Waals surface area contributed by atoms with Crippen molar-refractivity contribution in [2.45, 2.75) is 19.3 Å². The van der Waals surface area contributed by atoms with Gasteiger partial charge in [-0.2, -0.15) is 0 Å². The van der Waals surface area contributed by atoms with E-state index in [-0.39, 0.29) is 5.41 Å². The maximum atomic E-state index is 4.90. The van der Waals surface area contributed by atoms with E-state index < -0.39 is 0 Å². The number of pyridine rings is 1. The molecule has 2 aromatic heterocycles. The van der Waals surface area contributed by atoms with E-state index in [0.717, 1.165) is 11.2 Å². The minimum Gasteiger partial charge on any atom is -0.293 e.